The van der Waals surface area contributed by atoms with Crippen LogP contribution in [-0.2, 0) is 9.59 Å². The Morgan fingerprint density at radius 3 is 2.48 bits per heavy atom. The molecule has 0 aliphatic heterocycles. The molecule has 0 radical (unpaired) electrons. The zero-order chi connectivity index (χ0) is 18.6. The summed E-state index contributed by atoms with van der Waals surface area (Å²) in [7, 11) is 1.51. The molecule has 132 valence electrons. The molecule has 1 atom stereocenters. The van der Waals surface area contributed by atoms with E-state index in [2.05, 4.69) is 5.32 Å². The van der Waals surface area contributed by atoms with Crippen LogP contribution in [0.1, 0.15) is 32.4 Å². The van der Waals surface area contributed by atoms with Crippen molar-refractivity contribution in [3.8, 4) is 0 Å². The summed E-state index contributed by atoms with van der Waals surface area (Å²) in [6, 6.07) is 7.52. The standard InChI is InChI=1S/C18H20N2O4S/c1-11-6-7-13(9-12(11)2)16(18(23)24)19-15(21)10-20(3)17(22)14-5-4-8-25-14/h4-9,16H,10H2,1-3H3,(H,19,21)(H,23,24). The number of carbonyl (C=O) groups excluding carboxylic acids is 2. The summed E-state index contributed by atoms with van der Waals surface area (Å²) in [5.41, 5.74) is 2.49. The fraction of sp³-hybridized carbons (Fsp3) is 0.278. The number of aryl methyl sites for hydroxylation is 2. The van der Waals surface area contributed by atoms with E-state index in [0.717, 1.165) is 11.1 Å². The van der Waals surface area contributed by atoms with Gasteiger partial charge in [-0.1, -0.05) is 24.3 Å². The monoisotopic (exact) mass is 360 g/mol. The number of thiophene rings is 1. The molecule has 0 saturated heterocycles. The smallest absolute Gasteiger partial charge is 0.330 e. The van der Waals surface area contributed by atoms with Crippen molar-refractivity contribution < 1.29 is 19.5 Å². The lowest BCUT2D eigenvalue weighted by molar-refractivity contribution is -0.142. The van der Waals surface area contributed by atoms with E-state index in [1.54, 1.807) is 29.6 Å². The predicted octanol–water partition coefficient (Wildman–Crippen LogP) is 2.38. The normalized spacial score (nSPS) is 11.6. The number of benzene rings is 1. The van der Waals surface area contributed by atoms with E-state index in [0.29, 0.717) is 10.4 Å². The number of carboxylic acids is 1. The quantitative estimate of drug-likeness (QED) is 0.828. The van der Waals surface area contributed by atoms with Gasteiger partial charge in [0.25, 0.3) is 5.91 Å². The molecule has 1 unspecified atom stereocenters. The highest BCUT2D eigenvalue weighted by Gasteiger charge is 2.24. The Bertz CT molecular complexity index is 786. The molecule has 2 aromatic rings. The number of nitrogens with zero attached hydrogens (tertiary/aromatic N) is 1. The lowest BCUT2D eigenvalue weighted by Crippen LogP contribution is -2.41. The summed E-state index contributed by atoms with van der Waals surface area (Å²) in [5, 5.41) is 13.7. The van der Waals surface area contributed by atoms with Crippen molar-refractivity contribution in [2.75, 3.05) is 13.6 Å². The summed E-state index contributed by atoms with van der Waals surface area (Å²) in [5.74, 6) is -1.95. The van der Waals surface area contributed by atoms with E-state index < -0.39 is 17.9 Å². The predicted molar refractivity (Wildman–Crippen MR) is 95.7 cm³/mol. The molecular weight excluding hydrogens is 340 g/mol. The average Bonchev–Trinajstić information content (AvgIpc) is 3.08. The minimum absolute atomic E-state index is 0.217. The van der Waals surface area contributed by atoms with Gasteiger partial charge >= 0.3 is 5.97 Å². The first-order chi connectivity index (χ1) is 11.8. The fourth-order valence-corrected chi connectivity index (χ4v) is 3.03. The molecule has 6 nitrogen and oxygen atoms in total. The lowest BCUT2D eigenvalue weighted by Gasteiger charge is -2.19. The van der Waals surface area contributed by atoms with Crippen molar-refractivity contribution in [2.45, 2.75) is 19.9 Å². The molecule has 0 aliphatic carbocycles. The summed E-state index contributed by atoms with van der Waals surface area (Å²) >= 11 is 1.29. The Kier molecular flexibility index (Phi) is 5.93. The first kappa shape index (κ1) is 18.7. The Hall–Kier alpha value is -2.67. The second-order valence-corrected chi connectivity index (χ2v) is 6.77. The van der Waals surface area contributed by atoms with Crippen molar-refractivity contribution in [2.24, 2.45) is 0 Å². The number of carboxylic acid groups (broad SMARTS) is 1. The van der Waals surface area contributed by atoms with Gasteiger partial charge in [-0.3, -0.25) is 9.59 Å². The van der Waals surface area contributed by atoms with Gasteiger partial charge in [0, 0.05) is 7.05 Å². The Balaban J connectivity index is 2.06. The molecule has 0 bridgehead atoms. The summed E-state index contributed by atoms with van der Waals surface area (Å²) in [6.07, 6.45) is 0. The van der Waals surface area contributed by atoms with Crippen LogP contribution in [0.25, 0.3) is 0 Å². The molecule has 2 N–H and O–H groups in total. The molecule has 1 aromatic heterocycles. The molecule has 0 aliphatic rings. The van der Waals surface area contributed by atoms with Gasteiger partial charge in [0.2, 0.25) is 5.91 Å². The molecule has 7 heteroatoms. The Labute approximate surface area is 150 Å². The second-order valence-electron chi connectivity index (χ2n) is 5.82. The highest BCUT2D eigenvalue weighted by molar-refractivity contribution is 7.12. The number of nitrogens with one attached hydrogen (secondary N) is 1. The summed E-state index contributed by atoms with van der Waals surface area (Å²) in [6.45, 7) is 3.59. The third-order valence-electron chi connectivity index (χ3n) is 3.88. The number of amides is 2. The van der Waals surface area contributed by atoms with Gasteiger partial charge in [0.05, 0.1) is 11.4 Å². The molecular formula is C18H20N2O4S. The van der Waals surface area contributed by atoms with Gasteiger partial charge in [-0.2, -0.15) is 0 Å². The maximum atomic E-state index is 12.2. The zero-order valence-electron chi connectivity index (χ0n) is 14.3. The van der Waals surface area contributed by atoms with E-state index in [9.17, 15) is 19.5 Å². The van der Waals surface area contributed by atoms with E-state index in [4.69, 9.17) is 0 Å². The number of hydrogen-bond acceptors (Lipinski definition) is 4. The van der Waals surface area contributed by atoms with Crippen LogP contribution < -0.4 is 5.32 Å². The molecule has 2 amide bonds. The molecule has 0 fully saturated rings. The minimum Gasteiger partial charge on any atom is -0.479 e. The van der Waals surface area contributed by atoms with Crippen molar-refractivity contribution >= 4 is 29.1 Å². The number of likely N-dealkylation sites (N-methyl/N-ethyl adjacent to an activating group) is 1. The third-order valence-corrected chi connectivity index (χ3v) is 4.73. The minimum atomic E-state index is -1.16. The highest BCUT2D eigenvalue weighted by atomic mass is 32.1. The van der Waals surface area contributed by atoms with Gasteiger partial charge < -0.3 is 15.3 Å². The van der Waals surface area contributed by atoms with Crippen molar-refractivity contribution in [3.63, 3.8) is 0 Å². The SMILES string of the molecule is Cc1ccc(C(NC(=O)CN(C)C(=O)c2cccs2)C(=O)O)cc1C. The van der Waals surface area contributed by atoms with Crippen molar-refractivity contribution in [1.82, 2.24) is 10.2 Å². The zero-order valence-corrected chi connectivity index (χ0v) is 15.1. The molecule has 2 rings (SSSR count). The average molecular weight is 360 g/mol. The third kappa shape index (κ3) is 4.67. The van der Waals surface area contributed by atoms with Gasteiger partial charge in [-0.05, 0) is 42.0 Å². The van der Waals surface area contributed by atoms with Crippen LogP contribution in [0.2, 0.25) is 0 Å². The van der Waals surface area contributed by atoms with Gasteiger partial charge in [0.1, 0.15) is 0 Å². The Morgan fingerprint density at radius 2 is 1.92 bits per heavy atom. The number of aliphatic carboxylic acids is 1. The molecule has 0 saturated carbocycles. The number of hydrogen-bond donors (Lipinski definition) is 2. The van der Waals surface area contributed by atoms with E-state index >= 15 is 0 Å². The van der Waals surface area contributed by atoms with Crippen LogP contribution in [0.15, 0.2) is 35.7 Å². The van der Waals surface area contributed by atoms with Gasteiger partial charge in [-0.25, -0.2) is 4.79 Å². The van der Waals surface area contributed by atoms with Crippen LogP contribution in [0, 0.1) is 13.8 Å². The highest BCUT2D eigenvalue weighted by Crippen LogP contribution is 2.18. The Morgan fingerprint density at radius 1 is 1.20 bits per heavy atom. The first-order valence-corrected chi connectivity index (χ1v) is 8.56. The van der Waals surface area contributed by atoms with E-state index in [-0.39, 0.29) is 12.5 Å². The van der Waals surface area contributed by atoms with Crippen LogP contribution in [0.3, 0.4) is 0 Å². The topological polar surface area (TPSA) is 86.7 Å². The molecule has 25 heavy (non-hydrogen) atoms. The second kappa shape index (κ2) is 7.94. The summed E-state index contributed by atoms with van der Waals surface area (Å²) < 4.78 is 0. The van der Waals surface area contributed by atoms with Gasteiger partial charge in [0.15, 0.2) is 6.04 Å². The maximum Gasteiger partial charge on any atom is 0.330 e. The van der Waals surface area contributed by atoms with Gasteiger partial charge in [-0.15, -0.1) is 11.3 Å². The van der Waals surface area contributed by atoms with Crippen molar-refractivity contribution in [3.05, 3.63) is 57.3 Å². The lowest BCUT2D eigenvalue weighted by atomic mass is 10.0. The van der Waals surface area contributed by atoms with E-state index in [1.165, 1.54) is 23.3 Å². The van der Waals surface area contributed by atoms with E-state index in [1.807, 2.05) is 19.9 Å². The largest absolute Gasteiger partial charge is 0.479 e. The maximum absolute atomic E-state index is 12.2. The van der Waals surface area contributed by atoms with Crippen LogP contribution >= 0.6 is 11.3 Å². The summed E-state index contributed by atoms with van der Waals surface area (Å²) in [4.78, 5) is 37.7. The number of rotatable bonds is 6. The van der Waals surface area contributed by atoms with Crippen LogP contribution in [0.5, 0.6) is 0 Å². The first-order valence-electron chi connectivity index (χ1n) is 7.68. The molecule has 1 aromatic carbocycles. The van der Waals surface area contributed by atoms with Crippen LogP contribution in [-0.4, -0.2) is 41.4 Å². The molecule has 0 spiro atoms. The van der Waals surface area contributed by atoms with Crippen molar-refractivity contribution in [1.29, 1.82) is 0 Å². The molecule has 1 heterocycles. The number of carbonyl (C=O) groups is 3. The fourth-order valence-electron chi connectivity index (χ4n) is 2.31. The van der Waals surface area contributed by atoms with Crippen LogP contribution in [0.4, 0.5) is 0 Å².